The van der Waals surface area contributed by atoms with E-state index in [1.807, 2.05) is 19.1 Å². The van der Waals surface area contributed by atoms with Crippen molar-refractivity contribution in [2.75, 3.05) is 6.61 Å². The minimum absolute atomic E-state index is 0.563. The zero-order valence-electron chi connectivity index (χ0n) is 10.1. The average molecular weight is 248 g/mol. The van der Waals surface area contributed by atoms with Crippen LogP contribution in [0.3, 0.4) is 0 Å². The molecule has 0 amide bonds. The summed E-state index contributed by atoms with van der Waals surface area (Å²) in [6.07, 6.45) is 1.22. The number of rotatable bonds is 3. The van der Waals surface area contributed by atoms with E-state index in [9.17, 15) is 0 Å². The van der Waals surface area contributed by atoms with Crippen LogP contribution in [0.15, 0.2) is 18.2 Å². The highest BCUT2D eigenvalue weighted by atomic mass is 32.1. The largest absolute Gasteiger partial charge is 0.492 e. The summed E-state index contributed by atoms with van der Waals surface area (Å²) >= 11 is 5.42. The lowest BCUT2D eigenvalue weighted by molar-refractivity contribution is 0.343. The first kappa shape index (κ1) is 10.8. The number of imidazole rings is 1. The second kappa shape index (κ2) is 3.88. The first-order valence-electron chi connectivity index (χ1n) is 6.08. The number of benzene rings is 1. The molecule has 1 N–H and O–H groups in total. The molecular formula is C13H16N2OS. The van der Waals surface area contributed by atoms with Crippen molar-refractivity contribution in [2.24, 2.45) is 5.92 Å². The van der Waals surface area contributed by atoms with Crippen LogP contribution in [0.5, 0.6) is 5.75 Å². The van der Waals surface area contributed by atoms with E-state index in [1.54, 1.807) is 0 Å². The summed E-state index contributed by atoms with van der Waals surface area (Å²) in [4.78, 5) is 3.28. The van der Waals surface area contributed by atoms with Crippen LogP contribution in [-0.2, 0) is 0 Å². The molecule has 1 heterocycles. The third-order valence-corrected chi connectivity index (χ3v) is 3.71. The van der Waals surface area contributed by atoms with E-state index < -0.39 is 0 Å². The van der Waals surface area contributed by atoms with E-state index in [2.05, 4.69) is 22.5 Å². The van der Waals surface area contributed by atoms with Crippen molar-refractivity contribution in [3.05, 3.63) is 23.0 Å². The molecule has 3 rings (SSSR count). The van der Waals surface area contributed by atoms with Crippen molar-refractivity contribution in [3.63, 3.8) is 0 Å². The van der Waals surface area contributed by atoms with Crippen molar-refractivity contribution in [1.29, 1.82) is 0 Å². The maximum atomic E-state index is 5.62. The quantitative estimate of drug-likeness (QED) is 0.840. The average Bonchev–Trinajstić information content (AvgIpc) is 2.89. The van der Waals surface area contributed by atoms with Gasteiger partial charge in [-0.15, -0.1) is 0 Å². The minimum Gasteiger partial charge on any atom is -0.492 e. The number of para-hydroxylation sites is 1. The van der Waals surface area contributed by atoms with Gasteiger partial charge in [-0.2, -0.15) is 0 Å². The number of nitrogens with one attached hydrogen (secondary N) is 1. The third kappa shape index (κ3) is 1.67. The van der Waals surface area contributed by atoms with Gasteiger partial charge in [-0.25, -0.2) is 0 Å². The van der Waals surface area contributed by atoms with E-state index in [-0.39, 0.29) is 0 Å². The number of aromatic nitrogens is 2. The van der Waals surface area contributed by atoms with E-state index >= 15 is 0 Å². The summed E-state index contributed by atoms with van der Waals surface area (Å²) < 4.78 is 8.66. The molecule has 0 bridgehead atoms. The van der Waals surface area contributed by atoms with Gasteiger partial charge >= 0.3 is 0 Å². The van der Waals surface area contributed by atoms with Crippen LogP contribution >= 0.6 is 12.2 Å². The number of hydrogen-bond acceptors (Lipinski definition) is 2. The summed E-state index contributed by atoms with van der Waals surface area (Å²) in [5.74, 6) is 1.62. The van der Waals surface area contributed by atoms with Crippen molar-refractivity contribution < 1.29 is 4.74 Å². The SMILES string of the molecule is CCOc1cccc2c1[nH]c(=S)n2C1CC1C. The Hall–Kier alpha value is -1.29. The Kier molecular flexibility index (Phi) is 2.47. The molecule has 1 aromatic carbocycles. The summed E-state index contributed by atoms with van der Waals surface area (Å²) in [5.41, 5.74) is 2.19. The molecule has 3 nitrogen and oxygen atoms in total. The normalized spacial score (nSPS) is 22.9. The van der Waals surface area contributed by atoms with Crippen molar-refractivity contribution in [2.45, 2.75) is 26.3 Å². The molecular weight excluding hydrogens is 232 g/mol. The molecule has 0 spiro atoms. The Morgan fingerprint density at radius 2 is 2.29 bits per heavy atom. The van der Waals surface area contributed by atoms with Crippen molar-refractivity contribution in [1.82, 2.24) is 9.55 Å². The summed E-state index contributed by atoms with van der Waals surface area (Å²) in [7, 11) is 0. The molecule has 0 radical (unpaired) electrons. The number of hydrogen-bond donors (Lipinski definition) is 1. The zero-order valence-corrected chi connectivity index (χ0v) is 10.9. The fourth-order valence-corrected chi connectivity index (χ4v) is 2.73. The summed E-state index contributed by atoms with van der Waals surface area (Å²) in [6.45, 7) is 4.93. The Labute approximate surface area is 105 Å². The van der Waals surface area contributed by atoms with E-state index in [4.69, 9.17) is 17.0 Å². The first-order valence-corrected chi connectivity index (χ1v) is 6.49. The van der Waals surface area contributed by atoms with Gasteiger partial charge in [-0.1, -0.05) is 13.0 Å². The zero-order chi connectivity index (χ0) is 12.0. The monoisotopic (exact) mass is 248 g/mol. The Balaban J connectivity index is 2.20. The maximum Gasteiger partial charge on any atom is 0.178 e. The fraction of sp³-hybridized carbons (Fsp3) is 0.462. The molecule has 1 aliphatic carbocycles. The molecule has 0 aliphatic heterocycles. The van der Waals surface area contributed by atoms with Gasteiger partial charge < -0.3 is 14.3 Å². The van der Waals surface area contributed by atoms with E-state index in [1.165, 1.54) is 6.42 Å². The number of nitrogens with zero attached hydrogens (tertiary/aromatic N) is 1. The lowest BCUT2D eigenvalue weighted by atomic mass is 10.3. The predicted octanol–water partition coefficient (Wildman–Crippen LogP) is 3.68. The highest BCUT2D eigenvalue weighted by Gasteiger charge is 2.36. The van der Waals surface area contributed by atoms with Crippen LogP contribution in [0.25, 0.3) is 11.0 Å². The standard InChI is InChI=1S/C13H16N2OS/c1-3-16-11-6-4-5-9-12(11)14-13(17)15(9)10-7-8(10)2/h4-6,8,10H,3,7H2,1-2H3,(H,14,17). The van der Waals surface area contributed by atoms with Gasteiger partial charge in [-0.3, -0.25) is 0 Å². The number of fused-ring (bicyclic) bond motifs is 1. The van der Waals surface area contributed by atoms with Crippen LogP contribution in [-0.4, -0.2) is 16.2 Å². The van der Waals surface area contributed by atoms with Crippen LogP contribution < -0.4 is 4.74 Å². The Morgan fingerprint density at radius 3 is 2.94 bits per heavy atom. The van der Waals surface area contributed by atoms with Gasteiger partial charge in [0, 0.05) is 6.04 Å². The summed E-state index contributed by atoms with van der Waals surface area (Å²) in [6, 6.07) is 6.68. The molecule has 2 unspecified atom stereocenters. The molecule has 1 aliphatic rings. The van der Waals surface area contributed by atoms with Crippen molar-refractivity contribution >= 4 is 23.3 Å². The van der Waals surface area contributed by atoms with Crippen molar-refractivity contribution in [3.8, 4) is 5.75 Å². The second-order valence-electron chi connectivity index (χ2n) is 4.66. The maximum absolute atomic E-state index is 5.62. The molecule has 90 valence electrons. The molecule has 2 atom stereocenters. The highest BCUT2D eigenvalue weighted by molar-refractivity contribution is 7.71. The molecule has 4 heteroatoms. The van der Waals surface area contributed by atoms with Crippen LogP contribution in [0.4, 0.5) is 0 Å². The molecule has 1 saturated carbocycles. The third-order valence-electron chi connectivity index (χ3n) is 3.41. The lowest BCUT2D eigenvalue weighted by Crippen LogP contribution is -1.95. The lowest BCUT2D eigenvalue weighted by Gasteiger charge is -2.05. The molecule has 1 aromatic heterocycles. The van der Waals surface area contributed by atoms with Crippen LogP contribution in [0.2, 0.25) is 0 Å². The Bertz CT molecular complexity index is 613. The van der Waals surface area contributed by atoms with E-state index in [0.717, 1.165) is 27.5 Å². The van der Waals surface area contributed by atoms with Gasteiger partial charge in [0.1, 0.15) is 11.3 Å². The van der Waals surface area contributed by atoms with Gasteiger partial charge in [0.2, 0.25) is 0 Å². The van der Waals surface area contributed by atoms with Gasteiger partial charge in [0.05, 0.1) is 12.1 Å². The minimum atomic E-state index is 0.563. The fourth-order valence-electron chi connectivity index (χ4n) is 2.39. The predicted molar refractivity (Wildman–Crippen MR) is 71.1 cm³/mol. The second-order valence-corrected chi connectivity index (χ2v) is 5.05. The topological polar surface area (TPSA) is 29.9 Å². The van der Waals surface area contributed by atoms with E-state index in [0.29, 0.717) is 12.6 Å². The molecule has 17 heavy (non-hydrogen) atoms. The highest BCUT2D eigenvalue weighted by Crippen LogP contribution is 2.45. The smallest absolute Gasteiger partial charge is 0.178 e. The van der Waals surface area contributed by atoms with Crippen LogP contribution in [0, 0.1) is 10.7 Å². The first-order chi connectivity index (χ1) is 8.22. The van der Waals surface area contributed by atoms with Gasteiger partial charge in [0.15, 0.2) is 4.77 Å². The molecule has 1 fully saturated rings. The summed E-state index contributed by atoms with van der Waals surface area (Å²) in [5, 5.41) is 0. The van der Waals surface area contributed by atoms with Gasteiger partial charge in [-0.05, 0) is 43.6 Å². The molecule has 2 aromatic rings. The Morgan fingerprint density at radius 1 is 1.53 bits per heavy atom. The number of aromatic amines is 1. The molecule has 0 saturated heterocycles. The number of H-pyrrole nitrogens is 1. The number of ether oxygens (including phenoxy) is 1. The van der Waals surface area contributed by atoms with Gasteiger partial charge in [0.25, 0.3) is 0 Å². The van der Waals surface area contributed by atoms with Crippen LogP contribution in [0.1, 0.15) is 26.3 Å².